The maximum atomic E-state index is 10.6. The third-order valence-corrected chi connectivity index (χ3v) is 2.85. The summed E-state index contributed by atoms with van der Waals surface area (Å²) in [6, 6.07) is 0.238. The largest absolute Gasteiger partial charge is 0.481 e. The summed E-state index contributed by atoms with van der Waals surface area (Å²) < 4.78 is 10.7. The van der Waals surface area contributed by atoms with Crippen LogP contribution in [0.25, 0.3) is 0 Å². The fraction of sp³-hybridized carbons (Fsp3) is 0.923. The zero-order valence-electron chi connectivity index (χ0n) is 11.9. The van der Waals surface area contributed by atoms with Crippen LogP contribution < -0.4 is 0 Å². The summed E-state index contributed by atoms with van der Waals surface area (Å²) in [5.74, 6) is -0.739. The topological polar surface area (TPSA) is 59.0 Å². The predicted molar refractivity (Wildman–Crippen MR) is 70.9 cm³/mol. The molecule has 0 amide bonds. The molecule has 0 aromatic carbocycles. The lowest BCUT2D eigenvalue weighted by atomic mass is 10.1. The quantitative estimate of drug-likeness (QED) is 0.541. The van der Waals surface area contributed by atoms with Crippen molar-refractivity contribution < 1.29 is 19.4 Å². The van der Waals surface area contributed by atoms with Gasteiger partial charge in [0, 0.05) is 38.8 Å². The molecular formula is C13H27NO4. The number of nitrogens with zero attached hydrogens (tertiary/aromatic N) is 1. The van der Waals surface area contributed by atoms with Crippen molar-refractivity contribution in [1.29, 1.82) is 0 Å². The number of hydrogen-bond donors (Lipinski definition) is 1. The standard InChI is InChI=1S/C13H27NO4/c1-4-17-10-8-14(9-11-18-5-2)12(3)6-7-13(15)16/h12H,4-11H2,1-3H3,(H,15,16). The van der Waals surface area contributed by atoms with E-state index < -0.39 is 5.97 Å². The summed E-state index contributed by atoms with van der Waals surface area (Å²) in [4.78, 5) is 12.8. The Morgan fingerprint density at radius 1 is 1.17 bits per heavy atom. The second-order valence-corrected chi connectivity index (χ2v) is 4.21. The summed E-state index contributed by atoms with van der Waals surface area (Å²) in [6.45, 7) is 10.4. The molecular weight excluding hydrogens is 234 g/mol. The average molecular weight is 261 g/mol. The van der Waals surface area contributed by atoms with E-state index in [4.69, 9.17) is 14.6 Å². The Morgan fingerprint density at radius 3 is 2.06 bits per heavy atom. The lowest BCUT2D eigenvalue weighted by Gasteiger charge is -2.28. The maximum Gasteiger partial charge on any atom is 0.303 e. The van der Waals surface area contributed by atoms with E-state index in [1.807, 2.05) is 13.8 Å². The van der Waals surface area contributed by atoms with Gasteiger partial charge in [-0.1, -0.05) is 0 Å². The Bertz CT molecular complexity index is 201. The van der Waals surface area contributed by atoms with Crippen LogP contribution in [0.4, 0.5) is 0 Å². The second-order valence-electron chi connectivity index (χ2n) is 4.21. The molecule has 0 radical (unpaired) electrons. The fourth-order valence-electron chi connectivity index (χ4n) is 1.72. The molecule has 0 aliphatic carbocycles. The zero-order chi connectivity index (χ0) is 13.8. The van der Waals surface area contributed by atoms with Crippen molar-refractivity contribution in [1.82, 2.24) is 4.90 Å². The Balaban J connectivity index is 4.02. The summed E-state index contributed by atoms with van der Waals surface area (Å²) in [6.07, 6.45) is 0.870. The summed E-state index contributed by atoms with van der Waals surface area (Å²) in [5, 5.41) is 8.70. The molecule has 0 fully saturated rings. The Hall–Kier alpha value is -0.650. The molecule has 1 unspecified atom stereocenters. The first kappa shape index (κ1) is 17.4. The summed E-state index contributed by atoms with van der Waals surface area (Å²) >= 11 is 0. The first-order chi connectivity index (χ1) is 8.61. The molecule has 0 aromatic rings. The molecule has 108 valence electrons. The van der Waals surface area contributed by atoms with Crippen molar-refractivity contribution in [2.24, 2.45) is 0 Å². The summed E-state index contributed by atoms with van der Waals surface area (Å²) in [5.41, 5.74) is 0. The van der Waals surface area contributed by atoms with E-state index in [0.717, 1.165) is 13.1 Å². The van der Waals surface area contributed by atoms with Crippen molar-refractivity contribution in [3.05, 3.63) is 0 Å². The second kappa shape index (κ2) is 11.4. The normalized spacial score (nSPS) is 12.9. The molecule has 0 aliphatic rings. The lowest BCUT2D eigenvalue weighted by molar-refractivity contribution is -0.137. The molecule has 0 aliphatic heterocycles. The molecule has 0 rings (SSSR count). The monoisotopic (exact) mass is 261 g/mol. The molecule has 5 nitrogen and oxygen atoms in total. The number of carboxylic acid groups (broad SMARTS) is 1. The zero-order valence-corrected chi connectivity index (χ0v) is 11.9. The van der Waals surface area contributed by atoms with Crippen molar-refractivity contribution in [2.75, 3.05) is 39.5 Å². The Labute approximate surface area is 110 Å². The molecule has 0 saturated carbocycles. The average Bonchev–Trinajstić information content (AvgIpc) is 2.34. The number of carbonyl (C=O) groups is 1. The predicted octanol–water partition coefficient (Wildman–Crippen LogP) is 1.61. The molecule has 5 heteroatoms. The highest BCUT2D eigenvalue weighted by molar-refractivity contribution is 5.66. The van der Waals surface area contributed by atoms with Gasteiger partial charge in [-0.15, -0.1) is 0 Å². The number of carboxylic acids is 1. The van der Waals surface area contributed by atoms with Crippen molar-refractivity contribution in [2.45, 2.75) is 39.7 Å². The van der Waals surface area contributed by atoms with Gasteiger partial charge in [0.1, 0.15) is 0 Å². The van der Waals surface area contributed by atoms with Crippen LogP contribution in [0.2, 0.25) is 0 Å². The highest BCUT2D eigenvalue weighted by atomic mass is 16.5. The number of rotatable bonds is 12. The fourth-order valence-corrected chi connectivity index (χ4v) is 1.72. The van der Waals surface area contributed by atoms with Crippen LogP contribution in [0.1, 0.15) is 33.6 Å². The molecule has 0 aromatic heterocycles. The van der Waals surface area contributed by atoms with Crippen molar-refractivity contribution in [3.63, 3.8) is 0 Å². The van der Waals surface area contributed by atoms with Crippen LogP contribution in [0.3, 0.4) is 0 Å². The molecule has 0 bridgehead atoms. The van der Waals surface area contributed by atoms with Gasteiger partial charge in [-0.2, -0.15) is 0 Å². The van der Waals surface area contributed by atoms with Gasteiger partial charge in [0.2, 0.25) is 0 Å². The van der Waals surface area contributed by atoms with Gasteiger partial charge in [-0.3, -0.25) is 9.69 Å². The van der Waals surface area contributed by atoms with Crippen LogP contribution in [-0.2, 0) is 14.3 Å². The van der Waals surface area contributed by atoms with Crippen LogP contribution in [0.15, 0.2) is 0 Å². The highest BCUT2D eigenvalue weighted by Gasteiger charge is 2.14. The van der Waals surface area contributed by atoms with E-state index >= 15 is 0 Å². The first-order valence-corrected chi connectivity index (χ1v) is 6.73. The van der Waals surface area contributed by atoms with Crippen LogP contribution in [0.5, 0.6) is 0 Å². The van der Waals surface area contributed by atoms with E-state index in [9.17, 15) is 4.79 Å². The smallest absolute Gasteiger partial charge is 0.303 e. The maximum absolute atomic E-state index is 10.6. The van der Waals surface area contributed by atoms with Crippen LogP contribution in [-0.4, -0.2) is 61.5 Å². The minimum atomic E-state index is -0.739. The van der Waals surface area contributed by atoms with Gasteiger partial charge in [-0.05, 0) is 27.2 Å². The van der Waals surface area contributed by atoms with E-state index in [2.05, 4.69) is 11.8 Å². The molecule has 18 heavy (non-hydrogen) atoms. The van der Waals surface area contributed by atoms with Gasteiger partial charge in [-0.25, -0.2) is 0 Å². The Morgan fingerprint density at radius 2 is 1.67 bits per heavy atom. The Kier molecular flexibility index (Phi) is 11.0. The molecule has 0 heterocycles. The number of ether oxygens (including phenoxy) is 2. The third-order valence-electron chi connectivity index (χ3n) is 2.85. The highest BCUT2D eigenvalue weighted by Crippen LogP contribution is 2.06. The summed E-state index contributed by atoms with van der Waals surface area (Å²) in [7, 11) is 0. The number of aliphatic carboxylic acids is 1. The van der Waals surface area contributed by atoms with Gasteiger partial charge in [0.05, 0.1) is 13.2 Å². The minimum absolute atomic E-state index is 0.209. The lowest BCUT2D eigenvalue weighted by Crippen LogP contribution is -2.38. The molecule has 0 spiro atoms. The number of hydrogen-bond acceptors (Lipinski definition) is 4. The molecule has 0 saturated heterocycles. The van der Waals surface area contributed by atoms with Gasteiger partial charge in [0.25, 0.3) is 0 Å². The van der Waals surface area contributed by atoms with E-state index in [0.29, 0.717) is 32.8 Å². The molecule has 1 atom stereocenters. The van der Waals surface area contributed by atoms with Gasteiger partial charge in [0.15, 0.2) is 0 Å². The molecule has 1 N–H and O–H groups in total. The van der Waals surface area contributed by atoms with Crippen molar-refractivity contribution in [3.8, 4) is 0 Å². The van der Waals surface area contributed by atoms with Crippen molar-refractivity contribution >= 4 is 5.97 Å². The van der Waals surface area contributed by atoms with E-state index in [-0.39, 0.29) is 12.5 Å². The van der Waals surface area contributed by atoms with Crippen LogP contribution >= 0.6 is 0 Å². The van der Waals surface area contributed by atoms with E-state index in [1.54, 1.807) is 0 Å². The van der Waals surface area contributed by atoms with Crippen LogP contribution in [0, 0.1) is 0 Å². The van der Waals surface area contributed by atoms with E-state index in [1.165, 1.54) is 0 Å². The minimum Gasteiger partial charge on any atom is -0.481 e. The SMILES string of the molecule is CCOCCN(CCOCC)C(C)CCC(=O)O. The van der Waals surface area contributed by atoms with Gasteiger partial charge >= 0.3 is 5.97 Å². The third kappa shape index (κ3) is 9.39. The first-order valence-electron chi connectivity index (χ1n) is 6.73. The van der Waals surface area contributed by atoms with Gasteiger partial charge < -0.3 is 14.6 Å².